The van der Waals surface area contributed by atoms with Crippen LogP contribution in [-0.2, 0) is 6.54 Å². The molecule has 88 valence electrons. The lowest BCUT2D eigenvalue weighted by Crippen LogP contribution is -2.63. The van der Waals surface area contributed by atoms with E-state index >= 15 is 0 Å². The Morgan fingerprint density at radius 1 is 1.38 bits per heavy atom. The van der Waals surface area contributed by atoms with Crippen LogP contribution in [0.15, 0.2) is 12.3 Å². The van der Waals surface area contributed by atoms with E-state index in [9.17, 15) is 0 Å². The molecule has 3 aliphatic heterocycles. The van der Waals surface area contributed by atoms with E-state index in [2.05, 4.69) is 25.3 Å². The number of fused-ring (bicyclic) bond motifs is 3. The van der Waals surface area contributed by atoms with Crippen LogP contribution in [0.4, 0.5) is 0 Å². The third-order valence-electron chi connectivity index (χ3n) is 3.65. The summed E-state index contributed by atoms with van der Waals surface area (Å²) in [6, 6.07) is 2.72. The number of hydrogen-bond acceptors (Lipinski definition) is 4. The molecular formula is C11H19N5. The summed E-state index contributed by atoms with van der Waals surface area (Å²) in [6.45, 7) is 8.22. The Morgan fingerprint density at radius 3 is 2.88 bits per heavy atom. The first-order valence-electron chi connectivity index (χ1n) is 6.07. The van der Waals surface area contributed by atoms with Crippen LogP contribution >= 0.6 is 0 Å². The summed E-state index contributed by atoms with van der Waals surface area (Å²) >= 11 is 0. The molecule has 0 aliphatic carbocycles. The molecule has 2 N–H and O–H groups in total. The number of H-pyrrole nitrogens is 1. The molecule has 1 aromatic rings. The molecule has 1 atom stereocenters. The molecule has 3 aliphatic rings. The van der Waals surface area contributed by atoms with Crippen LogP contribution < -0.4 is 5.32 Å². The molecule has 0 saturated carbocycles. The molecule has 1 aromatic heterocycles. The maximum atomic E-state index is 3.94. The Kier molecular flexibility index (Phi) is 2.90. The van der Waals surface area contributed by atoms with Gasteiger partial charge >= 0.3 is 0 Å². The van der Waals surface area contributed by atoms with Crippen molar-refractivity contribution < 1.29 is 0 Å². The summed E-state index contributed by atoms with van der Waals surface area (Å²) in [4.78, 5) is 5.18. The lowest BCUT2D eigenvalue weighted by Gasteiger charge is -2.47. The summed E-state index contributed by atoms with van der Waals surface area (Å²) in [5.74, 6) is 0. The first-order valence-corrected chi connectivity index (χ1v) is 6.07. The van der Waals surface area contributed by atoms with Crippen molar-refractivity contribution in [2.75, 3.05) is 39.3 Å². The predicted octanol–water partition coefficient (Wildman–Crippen LogP) is -0.501. The second kappa shape index (κ2) is 4.53. The van der Waals surface area contributed by atoms with Crippen LogP contribution in [0.3, 0.4) is 0 Å². The van der Waals surface area contributed by atoms with Crippen LogP contribution in [0.1, 0.15) is 5.69 Å². The van der Waals surface area contributed by atoms with Gasteiger partial charge < -0.3 is 5.32 Å². The van der Waals surface area contributed by atoms with Gasteiger partial charge in [0.1, 0.15) is 0 Å². The second-order valence-electron chi connectivity index (χ2n) is 4.70. The maximum absolute atomic E-state index is 3.94. The van der Waals surface area contributed by atoms with E-state index in [1.807, 2.05) is 6.07 Å². The number of nitrogens with zero attached hydrogens (tertiary/aromatic N) is 3. The molecule has 0 aromatic carbocycles. The Bertz CT molecular complexity index is 315. The molecule has 0 radical (unpaired) electrons. The second-order valence-corrected chi connectivity index (χ2v) is 4.70. The van der Waals surface area contributed by atoms with Crippen molar-refractivity contribution in [2.45, 2.75) is 12.6 Å². The monoisotopic (exact) mass is 221 g/mol. The van der Waals surface area contributed by atoms with Gasteiger partial charge in [-0.2, -0.15) is 5.10 Å². The molecule has 0 spiro atoms. The smallest absolute Gasteiger partial charge is 0.0490 e. The molecule has 4 rings (SSSR count). The molecule has 4 heterocycles. The van der Waals surface area contributed by atoms with Gasteiger partial charge in [-0.15, -0.1) is 0 Å². The lowest BCUT2D eigenvalue weighted by molar-refractivity contribution is 0.0136. The van der Waals surface area contributed by atoms with E-state index in [1.54, 1.807) is 6.20 Å². The first-order chi connectivity index (χ1) is 7.92. The van der Waals surface area contributed by atoms with Crippen molar-refractivity contribution in [3.63, 3.8) is 0 Å². The Balaban J connectivity index is 1.45. The molecule has 1 unspecified atom stereocenters. The number of aromatic nitrogens is 2. The third kappa shape index (κ3) is 2.11. The number of nitrogens with one attached hydrogen (secondary N) is 2. The normalized spacial score (nSPS) is 33.1. The highest BCUT2D eigenvalue weighted by atomic mass is 15.3. The van der Waals surface area contributed by atoms with Crippen molar-refractivity contribution in [2.24, 2.45) is 0 Å². The van der Waals surface area contributed by atoms with Crippen LogP contribution in [0.5, 0.6) is 0 Å². The summed E-state index contributed by atoms with van der Waals surface area (Å²) in [6.07, 6.45) is 1.80. The molecule has 5 nitrogen and oxygen atoms in total. The van der Waals surface area contributed by atoms with Gasteiger partial charge in [0, 0.05) is 63.7 Å². The standard InChI is InChI=1S/C11H19N5/c1-2-13-14-10(1)7-12-8-11-9-15-3-5-16(11)6-4-15/h1-2,11-12H,3-9H2,(H,13,14). The van der Waals surface area contributed by atoms with E-state index in [0.717, 1.165) is 18.8 Å². The average Bonchev–Trinajstić information content (AvgIpc) is 2.84. The number of rotatable bonds is 4. The number of piperazine rings is 3. The van der Waals surface area contributed by atoms with Crippen LogP contribution in [0.25, 0.3) is 0 Å². The Hall–Kier alpha value is -0.910. The first kappa shape index (κ1) is 10.3. The maximum Gasteiger partial charge on any atom is 0.0490 e. The van der Waals surface area contributed by atoms with Crippen molar-refractivity contribution in [1.82, 2.24) is 25.3 Å². The molecule has 16 heavy (non-hydrogen) atoms. The SMILES string of the molecule is c1cc(CNCC2CN3CCN2CC3)[nH]n1. The van der Waals surface area contributed by atoms with E-state index in [1.165, 1.54) is 32.7 Å². The van der Waals surface area contributed by atoms with Gasteiger partial charge in [0.2, 0.25) is 0 Å². The summed E-state index contributed by atoms with van der Waals surface area (Å²) in [5, 5.41) is 10.4. The minimum absolute atomic E-state index is 0.699. The van der Waals surface area contributed by atoms with Crippen LogP contribution in [-0.4, -0.2) is 65.3 Å². The fourth-order valence-electron chi connectivity index (χ4n) is 2.67. The van der Waals surface area contributed by atoms with Gasteiger partial charge in [0.15, 0.2) is 0 Å². The van der Waals surface area contributed by atoms with E-state index < -0.39 is 0 Å². The summed E-state index contributed by atoms with van der Waals surface area (Å²) in [7, 11) is 0. The number of hydrogen-bond donors (Lipinski definition) is 2. The van der Waals surface area contributed by atoms with E-state index in [0.29, 0.717) is 6.04 Å². The topological polar surface area (TPSA) is 47.2 Å². The van der Waals surface area contributed by atoms with E-state index in [-0.39, 0.29) is 0 Å². The van der Waals surface area contributed by atoms with Crippen molar-refractivity contribution in [1.29, 1.82) is 0 Å². The lowest BCUT2D eigenvalue weighted by atomic mass is 10.1. The molecular weight excluding hydrogens is 202 g/mol. The minimum Gasteiger partial charge on any atom is -0.310 e. The average molecular weight is 221 g/mol. The van der Waals surface area contributed by atoms with Crippen molar-refractivity contribution in [3.8, 4) is 0 Å². The van der Waals surface area contributed by atoms with Crippen LogP contribution in [0, 0.1) is 0 Å². The largest absolute Gasteiger partial charge is 0.310 e. The zero-order chi connectivity index (χ0) is 10.8. The van der Waals surface area contributed by atoms with Gasteiger partial charge in [-0.3, -0.25) is 14.9 Å². The zero-order valence-corrected chi connectivity index (χ0v) is 9.52. The molecule has 3 fully saturated rings. The molecule has 5 heteroatoms. The third-order valence-corrected chi connectivity index (χ3v) is 3.65. The highest BCUT2D eigenvalue weighted by Gasteiger charge is 2.31. The Labute approximate surface area is 95.8 Å². The fourth-order valence-corrected chi connectivity index (χ4v) is 2.67. The molecule has 2 bridgehead atoms. The predicted molar refractivity (Wildman–Crippen MR) is 62.1 cm³/mol. The van der Waals surface area contributed by atoms with Gasteiger partial charge in [-0.1, -0.05) is 0 Å². The summed E-state index contributed by atoms with van der Waals surface area (Å²) < 4.78 is 0. The van der Waals surface area contributed by atoms with Gasteiger partial charge in [0.25, 0.3) is 0 Å². The van der Waals surface area contributed by atoms with Crippen molar-refractivity contribution >= 4 is 0 Å². The van der Waals surface area contributed by atoms with Gasteiger partial charge in [-0.25, -0.2) is 0 Å². The van der Waals surface area contributed by atoms with Crippen molar-refractivity contribution in [3.05, 3.63) is 18.0 Å². The Morgan fingerprint density at radius 2 is 2.25 bits per heavy atom. The van der Waals surface area contributed by atoms with Gasteiger partial charge in [-0.05, 0) is 6.07 Å². The molecule has 3 saturated heterocycles. The molecule has 0 amide bonds. The van der Waals surface area contributed by atoms with Gasteiger partial charge in [0.05, 0.1) is 0 Å². The van der Waals surface area contributed by atoms with E-state index in [4.69, 9.17) is 0 Å². The van der Waals surface area contributed by atoms with Crippen LogP contribution in [0.2, 0.25) is 0 Å². The summed E-state index contributed by atoms with van der Waals surface area (Å²) in [5.41, 5.74) is 1.16. The highest BCUT2D eigenvalue weighted by Crippen LogP contribution is 2.14. The quantitative estimate of drug-likeness (QED) is 0.719. The fraction of sp³-hybridized carbons (Fsp3) is 0.727. The number of aromatic amines is 1. The minimum atomic E-state index is 0.699. The zero-order valence-electron chi connectivity index (χ0n) is 9.52. The highest BCUT2D eigenvalue weighted by molar-refractivity contribution is 4.97.